The number of nitrogens with zero attached hydrogens (tertiary/aromatic N) is 2. The minimum Gasteiger partial charge on any atom is -0.448 e. The Morgan fingerprint density at radius 3 is 2.18 bits per heavy atom. The smallest absolute Gasteiger partial charge is 0.416 e. The number of nitro benzene ring substituents is 1. The molecule has 1 fully saturated rings. The number of carbonyl (C=O) groups excluding carboxylic acids is 3. The molecule has 0 spiro atoms. The number of rotatable bonds is 5. The van der Waals surface area contributed by atoms with E-state index in [1.54, 1.807) is 0 Å². The third-order valence-electron chi connectivity index (χ3n) is 5.21. The summed E-state index contributed by atoms with van der Waals surface area (Å²) in [6.07, 6.45) is -3.59. The molecule has 1 heterocycles. The Labute approximate surface area is 238 Å². The lowest BCUT2D eigenvalue weighted by atomic mass is 10.1. The van der Waals surface area contributed by atoms with Gasteiger partial charge in [-0.15, -0.1) is 0 Å². The molecule has 1 aliphatic rings. The zero-order chi connectivity index (χ0) is 28.6. The normalized spacial score (nSPS) is 15.0. The number of urea groups is 1. The Balaban J connectivity index is 1.68. The van der Waals surface area contributed by atoms with E-state index in [0.29, 0.717) is 17.2 Å². The van der Waals surface area contributed by atoms with Crippen LogP contribution in [0, 0.1) is 10.1 Å². The highest BCUT2D eigenvalue weighted by molar-refractivity contribution is 9.11. The second-order valence-corrected chi connectivity index (χ2v) is 9.93. The van der Waals surface area contributed by atoms with E-state index in [0.717, 1.165) is 11.0 Å². The van der Waals surface area contributed by atoms with Gasteiger partial charge in [-0.05, 0) is 92.0 Å². The molecule has 1 aliphatic heterocycles. The second kappa shape index (κ2) is 10.8. The van der Waals surface area contributed by atoms with Crippen LogP contribution in [0.25, 0.3) is 6.08 Å². The van der Waals surface area contributed by atoms with Gasteiger partial charge in [0, 0.05) is 11.1 Å². The Morgan fingerprint density at radius 2 is 1.62 bits per heavy atom. The van der Waals surface area contributed by atoms with Crippen LogP contribution in [0.5, 0.6) is 11.5 Å². The van der Waals surface area contributed by atoms with Crippen LogP contribution in [0.2, 0.25) is 5.02 Å². The lowest BCUT2D eigenvalue weighted by molar-refractivity contribution is -0.385. The van der Waals surface area contributed by atoms with Gasteiger partial charge < -0.3 is 4.74 Å². The van der Waals surface area contributed by atoms with Gasteiger partial charge in [-0.2, -0.15) is 13.2 Å². The quantitative estimate of drug-likeness (QED) is 0.131. The third-order valence-corrected chi connectivity index (χ3v) is 6.64. The Kier molecular flexibility index (Phi) is 7.82. The van der Waals surface area contributed by atoms with E-state index in [4.69, 9.17) is 16.3 Å². The summed E-state index contributed by atoms with van der Waals surface area (Å²) in [6.45, 7) is 0. The number of nitrogens with one attached hydrogen (secondary N) is 1. The molecule has 9 nitrogen and oxygen atoms in total. The molecule has 1 N–H and O–H groups in total. The Hall–Kier alpha value is -3.75. The number of halogens is 6. The van der Waals surface area contributed by atoms with E-state index in [1.165, 1.54) is 42.5 Å². The summed E-state index contributed by atoms with van der Waals surface area (Å²) in [4.78, 5) is 49.0. The summed E-state index contributed by atoms with van der Waals surface area (Å²) in [6, 6.07) is 9.44. The third kappa shape index (κ3) is 5.97. The molecule has 0 atom stereocenters. The monoisotopic (exact) mass is 687 g/mol. The van der Waals surface area contributed by atoms with Crippen molar-refractivity contribution in [2.45, 2.75) is 6.18 Å². The number of anilines is 1. The van der Waals surface area contributed by atoms with Crippen molar-refractivity contribution in [1.82, 2.24) is 5.32 Å². The van der Waals surface area contributed by atoms with Crippen molar-refractivity contribution in [3.8, 4) is 11.5 Å². The average Bonchev–Trinajstić information content (AvgIpc) is 2.84. The number of barbiturate groups is 1. The van der Waals surface area contributed by atoms with Crippen molar-refractivity contribution in [1.29, 1.82) is 0 Å². The molecule has 4 rings (SSSR count). The molecule has 0 aliphatic carbocycles. The fourth-order valence-electron chi connectivity index (χ4n) is 3.44. The summed E-state index contributed by atoms with van der Waals surface area (Å²) < 4.78 is 44.9. The Bertz CT molecular complexity index is 1560. The van der Waals surface area contributed by atoms with Gasteiger partial charge in [0.05, 0.1) is 25.1 Å². The molecular formula is C24H11Br2ClF3N3O6. The maximum atomic E-state index is 13.1. The average molecular weight is 690 g/mol. The number of benzene rings is 3. The summed E-state index contributed by atoms with van der Waals surface area (Å²) in [5.41, 5.74) is -2.07. The standard InChI is InChI=1S/C24H11Br2ClF3N3O6/c25-16-8-11(7-15-21(34)31-23(36)32(22(15)35)14-4-2-13(27)3-5-14)9-17(26)20(16)39-19-6-1-12(24(28,29)30)10-18(19)33(37)38/h1-10H,(H,31,34,36)/b15-7+. The van der Waals surface area contributed by atoms with Crippen molar-refractivity contribution < 1.29 is 37.2 Å². The lowest BCUT2D eigenvalue weighted by Gasteiger charge is -2.26. The number of alkyl halides is 3. The van der Waals surface area contributed by atoms with E-state index >= 15 is 0 Å². The second-order valence-electron chi connectivity index (χ2n) is 7.79. The predicted molar refractivity (Wildman–Crippen MR) is 140 cm³/mol. The molecule has 39 heavy (non-hydrogen) atoms. The molecule has 1 saturated heterocycles. The molecular weight excluding hydrogens is 679 g/mol. The van der Waals surface area contributed by atoms with E-state index in [-0.39, 0.29) is 31.5 Å². The van der Waals surface area contributed by atoms with Crippen LogP contribution >= 0.6 is 43.5 Å². The maximum Gasteiger partial charge on any atom is 0.416 e. The molecule has 0 radical (unpaired) electrons. The first-order valence-corrected chi connectivity index (χ1v) is 12.4. The molecule has 0 unspecified atom stereocenters. The van der Waals surface area contributed by atoms with Crippen LogP contribution in [-0.2, 0) is 15.8 Å². The SMILES string of the molecule is O=C1NC(=O)N(c2ccc(Cl)cc2)C(=O)/C1=C/c1cc(Br)c(Oc2ccc(C(F)(F)F)cc2[N+](=O)[O-])c(Br)c1. The fourth-order valence-corrected chi connectivity index (χ4v) is 4.95. The number of hydrogen-bond acceptors (Lipinski definition) is 6. The number of ether oxygens (including phenoxy) is 1. The number of amides is 4. The van der Waals surface area contributed by atoms with Gasteiger partial charge in [0.25, 0.3) is 11.8 Å². The summed E-state index contributed by atoms with van der Waals surface area (Å²) in [7, 11) is 0. The minimum absolute atomic E-state index is 0.0302. The van der Waals surface area contributed by atoms with E-state index in [2.05, 4.69) is 37.2 Å². The minimum atomic E-state index is -4.80. The zero-order valence-electron chi connectivity index (χ0n) is 18.9. The molecule has 15 heteroatoms. The molecule has 0 saturated carbocycles. The van der Waals surface area contributed by atoms with Crippen molar-refractivity contribution in [2.24, 2.45) is 0 Å². The lowest BCUT2D eigenvalue weighted by Crippen LogP contribution is -2.54. The Morgan fingerprint density at radius 1 is 1.00 bits per heavy atom. The molecule has 3 aromatic rings. The number of hydrogen-bond donors (Lipinski definition) is 1. The number of nitro groups is 1. The number of carbonyl (C=O) groups is 3. The molecule has 200 valence electrons. The van der Waals surface area contributed by atoms with Gasteiger partial charge in [-0.25, -0.2) is 9.69 Å². The fraction of sp³-hybridized carbons (Fsp3) is 0.0417. The predicted octanol–water partition coefficient (Wildman–Crippen LogP) is 7.25. The summed E-state index contributed by atoms with van der Waals surface area (Å²) in [5.74, 6) is -2.33. The largest absolute Gasteiger partial charge is 0.448 e. The van der Waals surface area contributed by atoms with Gasteiger partial charge in [0.15, 0.2) is 5.75 Å². The number of imide groups is 2. The van der Waals surface area contributed by atoms with Gasteiger partial charge >= 0.3 is 17.9 Å². The van der Waals surface area contributed by atoms with Crippen LogP contribution in [0.3, 0.4) is 0 Å². The highest BCUT2D eigenvalue weighted by Gasteiger charge is 2.37. The van der Waals surface area contributed by atoms with Crippen molar-refractivity contribution in [3.05, 3.63) is 95.4 Å². The van der Waals surface area contributed by atoms with Crippen LogP contribution in [-0.4, -0.2) is 22.8 Å². The summed E-state index contributed by atoms with van der Waals surface area (Å²) >= 11 is 12.3. The maximum absolute atomic E-state index is 13.1. The van der Waals surface area contributed by atoms with Gasteiger partial charge in [0.1, 0.15) is 5.57 Å². The molecule has 3 aromatic carbocycles. The first-order valence-electron chi connectivity index (χ1n) is 10.5. The van der Waals surface area contributed by atoms with Crippen LogP contribution in [0.15, 0.2) is 69.1 Å². The highest BCUT2D eigenvalue weighted by Crippen LogP contribution is 2.43. The van der Waals surface area contributed by atoms with Gasteiger partial charge in [-0.3, -0.25) is 25.0 Å². The topological polar surface area (TPSA) is 119 Å². The van der Waals surface area contributed by atoms with E-state index in [9.17, 15) is 37.7 Å². The zero-order valence-corrected chi connectivity index (χ0v) is 22.8. The van der Waals surface area contributed by atoms with E-state index in [1.807, 2.05) is 0 Å². The van der Waals surface area contributed by atoms with Crippen LogP contribution < -0.4 is 15.0 Å². The van der Waals surface area contributed by atoms with Crippen molar-refractivity contribution in [3.63, 3.8) is 0 Å². The first-order chi connectivity index (χ1) is 18.3. The molecule has 4 amide bonds. The molecule has 0 aromatic heterocycles. The summed E-state index contributed by atoms with van der Waals surface area (Å²) in [5, 5.41) is 13.8. The van der Waals surface area contributed by atoms with E-state index < -0.39 is 45.9 Å². The van der Waals surface area contributed by atoms with Gasteiger partial charge in [0.2, 0.25) is 5.75 Å². The molecule has 0 bridgehead atoms. The van der Waals surface area contributed by atoms with Crippen LogP contribution in [0.1, 0.15) is 11.1 Å². The van der Waals surface area contributed by atoms with Crippen molar-refractivity contribution >= 4 is 78.8 Å². The first kappa shape index (κ1) is 28.3. The van der Waals surface area contributed by atoms with Crippen LogP contribution in [0.4, 0.5) is 29.3 Å². The highest BCUT2D eigenvalue weighted by atomic mass is 79.9. The van der Waals surface area contributed by atoms with Gasteiger partial charge in [-0.1, -0.05) is 11.6 Å². The van der Waals surface area contributed by atoms with Crippen molar-refractivity contribution in [2.75, 3.05) is 4.90 Å².